The van der Waals surface area contributed by atoms with Gasteiger partial charge >= 0.3 is 0 Å². The Labute approximate surface area is 98.8 Å². The summed E-state index contributed by atoms with van der Waals surface area (Å²) >= 11 is 0. The van der Waals surface area contributed by atoms with Crippen molar-refractivity contribution in [2.45, 2.75) is 45.4 Å². The highest BCUT2D eigenvalue weighted by molar-refractivity contribution is 5.31. The van der Waals surface area contributed by atoms with Crippen molar-refractivity contribution in [1.29, 1.82) is 0 Å². The number of benzene rings is 1. The SMILES string of the molecule is CC(C)(C)c1ccc(OCC2CCC2)cc1. The molecular formula is C15H22O. The average molecular weight is 218 g/mol. The van der Waals surface area contributed by atoms with Crippen LogP contribution in [0.5, 0.6) is 5.75 Å². The molecule has 1 aliphatic rings. The molecule has 1 fully saturated rings. The highest BCUT2D eigenvalue weighted by Crippen LogP contribution is 2.28. The molecule has 88 valence electrons. The van der Waals surface area contributed by atoms with Gasteiger partial charge in [0.25, 0.3) is 0 Å². The van der Waals surface area contributed by atoms with E-state index < -0.39 is 0 Å². The van der Waals surface area contributed by atoms with Crippen LogP contribution in [0.25, 0.3) is 0 Å². The standard InChI is InChI=1S/C15H22O/c1-15(2,3)13-7-9-14(10-8-13)16-11-12-5-4-6-12/h7-10,12H,4-6,11H2,1-3H3. The van der Waals surface area contributed by atoms with E-state index in [-0.39, 0.29) is 5.41 Å². The molecule has 0 radical (unpaired) electrons. The third-order valence-corrected chi connectivity index (χ3v) is 3.43. The highest BCUT2D eigenvalue weighted by atomic mass is 16.5. The number of hydrogen-bond acceptors (Lipinski definition) is 1. The van der Waals surface area contributed by atoms with Crippen molar-refractivity contribution in [2.75, 3.05) is 6.61 Å². The fourth-order valence-corrected chi connectivity index (χ4v) is 1.92. The molecule has 0 atom stereocenters. The third kappa shape index (κ3) is 2.78. The maximum absolute atomic E-state index is 5.78. The molecular weight excluding hydrogens is 196 g/mol. The molecule has 1 aliphatic carbocycles. The van der Waals surface area contributed by atoms with E-state index in [2.05, 4.69) is 45.0 Å². The van der Waals surface area contributed by atoms with Gasteiger partial charge in [-0.2, -0.15) is 0 Å². The predicted molar refractivity (Wildman–Crippen MR) is 68.0 cm³/mol. The van der Waals surface area contributed by atoms with Crippen LogP contribution in [0.2, 0.25) is 0 Å². The van der Waals surface area contributed by atoms with Gasteiger partial charge in [0.05, 0.1) is 6.61 Å². The molecule has 0 unspecified atom stereocenters. The predicted octanol–water partition coefficient (Wildman–Crippen LogP) is 4.16. The number of ether oxygens (including phenoxy) is 1. The van der Waals surface area contributed by atoms with Gasteiger partial charge in [0, 0.05) is 0 Å². The summed E-state index contributed by atoms with van der Waals surface area (Å²) in [5.74, 6) is 1.82. The first-order valence-corrected chi connectivity index (χ1v) is 6.29. The van der Waals surface area contributed by atoms with Crippen LogP contribution in [0.4, 0.5) is 0 Å². The lowest BCUT2D eigenvalue weighted by Crippen LogP contribution is -2.19. The zero-order valence-electron chi connectivity index (χ0n) is 10.6. The molecule has 1 aromatic carbocycles. The van der Waals surface area contributed by atoms with Gasteiger partial charge in [-0.15, -0.1) is 0 Å². The molecule has 0 aromatic heterocycles. The van der Waals surface area contributed by atoms with Crippen LogP contribution in [-0.4, -0.2) is 6.61 Å². The van der Waals surface area contributed by atoms with Crippen LogP contribution in [0, 0.1) is 5.92 Å². The van der Waals surface area contributed by atoms with Crippen molar-refractivity contribution in [3.05, 3.63) is 29.8 Å². The van der Waals surface area contributed by atoms with Crippen molar-refractivity contribution >= 4 is 0 Å². The van der Waals surface area contributed by atoms with Crippen molar-refractivity contribution in [2.24, 2.45) is 5.92 Å². The van der Waals surface area contributed by atoms with Gasteiger partial charge in [0.15, 0.2) is 0 Å². The van der Waals surface area contributed by atoms with E-state index in [1.807, 2.05) is 0 Å². The second-order valence-electron chi connectivity index (χ2n) is 5.88. The maximum Gasteiger partial charge on any atom is 0.119 e. The Bertz CT molecular complexity index is 327. The minimum Gasteiger partial charge on any atom is -0.493 e. The summed E-state index contributed by atoms with van der Waals surface area (Å²) in [6.07, 6.45) is 4.08. The fourth-order valence-electron chi connectivity index (χ4n) is 1.92. The molecule has 2 rings (SSSR count). The molecule has 0 spiro atoms. The zero-order chi connectivity index (χ0) is 11.6. The van der Waals surface area contributed by atoms with E-state index in [1.165, 1.54) is 24.8 Å². The first kappa shape index (κ1) is 11.5. The molecule has 0 bridgehead atoms. The second kappa shape index (κ2) is 4.48. The van der Waals surface area contributed by atoms with Crippen molar-refractivity contribution < 1.29 is 4.74 Å². The Hall–Kier alpha value is -0.980. The van der Waals surface area contributed by atoms with Gasteiger partial charge in [0.1, 0.15) is 5.75 Å². The molecule has 0 N–H and O–H groups in total. The molecule has 0 heterocycles. The van der Waals surface area contributed by atoms with E-state index in [0.717, 1.165) is 18.3 Å². The van der Waals surface area contributed by atoms with E-state index in [0.29, 0.717) is 0 Å². The Kier molecular flexibility index (Phi) is 3.22. The molecule has 1 heteroatoms. The Morgan fingerprint density at radius 1 is 1.12 bits per heavy atom. The minimum absolute atomic E-state index is 0.229. The van der Waals surface area contributed by atoms with Gasteiger partial charge in [-0.1, -0.05) is 39.3 Å². The quantitative estimate of drug-likeness (QED) is 0.740. The summed E-state index contributed by atoms with van der Waals surface area (Å²) in [5, 5.41) is 0. The summed E-state index contributed by atoms with van der Waals surface area (Å²) < 4.78 is 5.78. The Morgan fingerprint density at radius 2 is 1.75 bits per heavy atom. The average Bonchev–Trinajstić information content (AvgIpc) is 2.15. The molecule has 0 saturated heterocycles. The van der Waals surface area contributed by atoms with Crippen LogP contribution in [0.3, 0.4) is 0 Å². The van der Waals surface area contributed by atoms with Crippen LogP contribution < -0.4 is 4.74 Å². The maximum atomic E-state index is 5.78. The van der Waals surface area contributed by atoms with Crippen molar-refractivity contribution in [3.63, 3.8) is 0 Å². The molecule has 0 amide bonds. The largest absolute Gasteiger partial charge is 0.493 e. The van der Waals surface area contributed by atoms with Crippen LogP contribution >= 0.6 is 0 Å². The van der Waals surface area contributed by atoms with E-state index in [1.54, 1.807) is 0 Å². The molecule has 1 nitrogen and oxygen atoms in total. The molecule has 16 heavy (non-hydrogen) atoms. The summed E-state index contributed by atoms with van der Waals surface area (Å²) in [6, 6.07) is 8.55. The topological polar surface area (TPSA) is 9.23 Å². The van der Waals surface area contributed by atoms with E-state index >= 15 is 0 Å². The Balaban J connectivity index is 1.91. The van der Waals surface area contributed by atoms with Gasteiger partial charge in [-0.25, -0.2) is 0 Å². The van der Waals surface area contributed by atoms with Gasteiger partial charge in [0.2, 0.25) is 0 Å². The van der Waals surface area contributed by atoms with E-state index in [4.69, 9.17) is 4.74 Å². The first-order valence-electron chi connectivity index (χ1n) is 6.29. The minimum atomic E-state index is 0.229. The van der Waals surface area contributed by atoms with Gasteiger partial charge in [-0.05, 0) is 41.9 Å². The van der Waals surface area contributed by atoms with Crippen LogP contribution in [0.1, 0.15) is 45.6 Å². The van der Waals surface area contributed by atoms with Crippen LogP contribution in [0.15, 0.2) is 24.3 Å². The molecule has 1 aromatic rings. The lowest BCUT2D eigenvalue weighted by Gasteiger charge is -2.25. The second-order valence-corrected chi connectivity index (χ2v) is 5.88. The van der Waals surface area contributed by atoms with Gasteiger partial charge < -0.3 is 4.74 Å². The third-order valence-electron chi connectivity index (χ3n) is 3.43. The normalized spacial score (nSPS) is 16.9. The molecule has 0 aliphatic heterocycles. The summed E-state index contributed by atoms with van der Waals surface area (Å²) in [6.45, 7) is 7.60. The lowest BCUT2D eigenvalue weighted by atomic mass is 9.86. The highest BCUT2D eigenvalue weighted by Gasteiger charge is 2.18. The van der Waals surface area contributed by atoms with Gasteiger partial charge in [-0.3, -0.25) is 0 Å². The fraction of sp³-hybridized carbons (Fsp3) is 0.600. The smallest absolute Gasteiger partial charge is 0.119 e. The summed E-state index contributed by atoms with van der Waals surface area (Å²) in [5.41, 5.74) is 1.59. The first-order chi connectivity index (χ1) is 7.55. The monoisotopic (exact) mass is 218 g/mol. The Morgan fingerprint density at radius 3 is 2.19 bits per heavy atom. The van der Waals surface area contributed by atoms with Crippen LogP contribution in [-0.2, 0) is 5.41 Å². The summed E-state index contributed by atoms with van der Waals surface area (Å²) in [4.78, 5) is 0. The van der Waals surface area contributed by atoms with Crippen molar-refractivity contribution in [3.8, 4) is 5.75 Å². The zero-order valence-corrected chi connectivity index (χ0v) is 10.6. The molecule has 1 saturated carbocycles. The lowest BCUT2D eigenvalue weighted by molar-refractivity contribution is 0.180. The van der Waals surface area contributed by atoms with E-state index in [9.17, 15) is 0 Å². The summed E-state index contributed by atoms with van der Waals surface area (Å²) in [7, 11) is 0. The van der Waals surface area contributed by atoms with Crippen molar-refractivity contribution in [1.82, 2.24) is 0 Å². The number of hydrogen-bond donors (Lipinski definition) is 0. The number of rotatable bonds is 3.